The van der Waals surface area contributed by atoms with Gasteiger partial charge in [-0.1, -0.05) is 18.7 Å². The highest BCUT2D eigenvalue weighted by Crippen LogP contribution is 2.34. The molecule has 1 saturated heterocycles. The summed E-state index contributed by atoms with van der Waals surface area (Å²) < 4.78 is 20.0. The summed E-state index contributed by atoms with van der Waals surface area (Å²) in [5.41, 5.74) is 5.38. The molecule has 1 aromatic carbocycles. The van der Waals surface area contributed by atoms with E-state index in [0.29, 0.717) is 17.2 Å². The van der Waals surface area contributed by atoms with Crippen molar-refractivity contribution in [1.29, 1.82) is 0 Å². The van der Waals surface area contributed by atoms with Crippen LogP contribution in [0.2, 0.25) is 0 Å². The van der Waals surface area contributed by atoms with Crippen molar-refractivity contribution in [2.24, 2.45) is 0 Å². The Morgan fingerprint density at radius 2 is 1.97 bits per heavy atom. The van der Waals surface area contributed by atoms with Gasteiger partial charge in [-0.05, 0) is 81.9 Å². The highest BCUT2D eigenvalue weighted by molar-refractivity contribution is 5.89. The van der Waals surface area contributed by atoms with Gasteiger partial charge in [-0.15, -0.1) is 0 Å². The van der Waals surface area contributed by atoms with Gasteiger partial charge in [0.2, 0.25) is 0 Å². The molecular weight excluding hydrogens is 403 g/mol. The minimum Gasteiger partial charge on any atom is -0.496 e. The van der Waals surface area contributed by atoms with E-state index in [4.69, 9.17) is 9.72 Å². The van der Waals surface area contributed by atoms with Gasteiger partial charge in [-0.3, -0.25) is 10.1 Å². The van der Waals surface area contributed by atoms with E-state index in [1.165, 1.54) is 6.07 Å². The van der Waals surface area contributed by atoms with Crippen LogP contribution in [0.15, 0.2) is 43.0 Å². The van der Waals surface area contributed by atoms with Gasteiger partial charge in [0.25, 0.3) is 0 Å². The molecule has 4 rings (SSSR count). The van der Waals surface area contributed by atoms with Gasteiger partial charge in [0.05, 0.1) is 24.1 Å². The lowest BCUT2D eigenvalue weighted by molar-refractivity contribution is 0.253. The number of ether oxygens (including phenoxy) is 1. The topological polar surface area (TPSA) is 54.0 Å². The molecular formula is C26H29FN4O. The summed E-state index contributed by atoms with van der Waals surface area (Å²) >= 11 is 0. The Balaban J connectivity index is 1.75. The molecule has 2 aromatic heterocycles. The van der Waals surface area contributed by atoms with Crippen molar-refractivity contribution in [1.82, 2.24) is 20.1 Å². The van der Waals surface area contributed by atoms with E-state index in [1.54, 1.807) is 25.3 Å². The monoisotopic (exact) mass is 432 g/mol. The number of nitrogens with one attached hydrogen (secondary N) is 1. The number of H-pyrrole nitrogens is 1. The molecule has 1 aliphatic rings. The summed E-state index contributed by atoms with van der Waals surface area (Å²) in [7, 11) is 3.70. The van der Waals surface area contributed by atoms with Crippen molar-refractivity contribution in [2.75, 3.05) is 27.2 Å². The van der Waals surface area contributed by atoms with Crippen molar-refractivity contribution in [3.05, 3.63) is 71.3 Å². The zero-order chi connectivity index (χ0) is 22.7. The first-order valence-electron chi connectivity index (χ1n) is 10.9. The molecule has 32 heavy (non-hydrogen) atoms. The van der Waals surface area contributed by atoms with E-state index < -0.39 is 0 Å². The molecule has 0 bridgehead atoms. The number of allylic oxidation sites excluding steroid dienone is 1. The summed E-state index contributed by atoms with van der Waals surface area (Å²) in [6.07, 6.45) is 5.84. The van der Waals surface area contributed by atoms with Gasteiger partial charge in [-0.25, -0.2) is 4.39 Å². The van der Waals surface area contributed by atoms with Crippen LogP contribution in [0.3, 0.4) is 0 Å². The maximum atomic E-state index is 14.6. The maximum Gasteiger partial charge on any atom is 0.134 e. The normalized spacial score (nSPS) is 15.7. The van der Waals surface area contributed by atoms with E-state index in [1.807, 2.05) is 25.1 Å². The Hall–Kier alpha value is -3.25. The number of piperidine rings is 1. The first-order chi connectivity index (χ1) is 15.5. The fourth-order valence-corrected chi connectivity index (χ4v) is 4.32. The lowest BCUT2D eigenvalue weighted by Gasteiger charge is -2.28. The van der Waals surface area contributed by atoms with E-state index in [0.717, 1.165) is 59.8 Å². The van der Waals surface area contributed by atoms with Gasteiger partial charge in [0.15, 0.2) is 0 Å². The van der Waals surface area contributed by atoms with Crippen molar-refractivity contribution in [3.8, 4) is 17.1 Å². The number of hydrogen-bond acceptors (Lipinski definition) is 4. The summed E-state index contributed by atoms with van der Waals surface area (Å²) in [6.45, 7) is 7.93. The second-order valence-corrected chi connectivity index (χ2v) is 8.27. The van der Waals surface area contributed by atoms with Gasteiger partial charge < -0.3 is 9.64 Å². The van der Waals surface area contributed by atoms with Crippen LogP contribution in [0.5, 0.6) is 5.75 Å². The predicted octanol–water partition coefficient (Wildman–Crippen LogP) is 5.63. The van der Waals surface area contributed by atoms with Gasteiger partial charge >= 0.3 is 0 Å². The Bertz CT molecular complexity index is 1140. The summed E-state index contributed by atoms with van der Waals surface area (Å²) in [5.74, 6) is 0.615. The molecule has 1 aliphatic heterocycles. The quantitative estimate of drug-likeness (QED) is 0.548. The summed E-state index contributed by atoms with van der Waals surface area (Å²) in [5, 5.41) is 7.57. The van der Waals surface area contributed by atoms with Crippen LogP contribution < -0.4 is 4.74 Å². The third-order valence-electron chi connectivity index (χ3n) is 6.14. The molecule has 0 spiro atoms. The highest BCUT2D eigenvalue weighted by Gasteiger charge is 2.21. The molecule has 0 radical (unpaired) electrons. The average molecular weight is 433 g/mol. The number of rotatable bonds is 6. The standard InChI is InChI=1S/C26H29FN4O/c1-5-21-19(16-17(2)25-20(27)8-6-11-24(25)32-4)26(30-29-21)23-10-7-9-22(28-23)18-12-14-31(3)15-13-18/h5-11,16,18H,1,12-15H2,2-4H3,(H,29,30)/b17-16+. The van der Waals surface area contributed by atoms with E-state index in [9.17, 15) is 4.39 Å². The molecule has 1 N–H and O–H groups in total. The number of nitrogens with zero attached hydrogens (tertiary/aromatic N) is 3. The Kier molecular flexibility index (Phi) is 6.51. The number of likely N-dealkylation sites (tertiary alicyclic amines) is 1. The van der Waals surface area contributed by atoms with Gasteiger partial charge in [0.1, 0.15) is 17.3 Å². The average Bonchev–Trinajstić information content (AvgIpc) is 3.21. The number of halogens is 1. The number of aromatic nitrogens is 3. The second-order valence-electron chi connectivity index (χ2n) is 8.27. The number of methoxy groups -OCH3 is 1. The molecule has 0 saturated carbocycles. The Morgan fingerprint density at radius 1 is 1.22 bits per heavy atom. The molecule has 0 aliphatic carbocycles. The van der Waals surface area contributed by atoms with Crippen LogP contribution in [-0.4, -0.2) is 47.3 Å². The van der Waals surface area contributed by atoms with Crippen molar-refractivity contribution >= 4 is 17.7 Å². The predicted molar refractivity (Wildman–Crippen MR) is 128 cm³/mol. The third kappa shape index (κ3) is 4.36. The third-order valence-corrected chi connectivity index (χ3v) is 6.14. The van der Waals surface area contributed by atoms with Crippen LogP contribution in [0.25, 0.3) is 29.1 Å². The molecule has 0 amide bonds. The first-order valence-corrected chi connectivity index (χ1v) is 10.9. The molecule has 1 fully saturated rings. The molecule has 166 valence electrons. The molecule has 0 unspecified atom stereocenters. The largest absolute Gasteiger partial charge is 0.496 e. The minimum atomic E-state index is -0.328. The van der Waals surface area contributed by atoms with Crippen LogP contribution in [0, 0.1) is 5.82 Å². The van der Waals surface area contributed by atoms with E-state index in [2.05, 4.69) is 34.8 Å². The molecule has 3 heterocycles. The maximum absolute atomic E-state index is 14.6. The summed E-state index contributed by atoms with van der Waals surface area (Å²) in [6, 6.07) is 10.9. The number of aromatic amines is 1. The lowest BCUT2D eigenvalue weighted by Crippen LogP contribution is -2.29. The molecule has 6 heteroatoms. The SMILES string of the molecule is C=Cc1[nH]nc(-c2cccc(C3CCN(C)CC3)n2)c1/C=C(\C)c1c(F)cccc1OC. The fourth-order valence-electron chi connectivity index (χ4n) is 4.32. The second kappa shape index (κ2) is 9.49. The van der Waals surface area contributed by atoms with Gasteiger partial charge in [0, 0.05) is 17.2 Å². The van der Waals surface area contributed by atoms with Crippen LogP contribution in [0.1, 0.15) is 48.2 Å². The number of hydrogen-bond donors (Lipinski definition) is 1. The van der Waals surface area contributed by atoms with Crippen molar-refractivity contribution < 1.29 is 9.13 Å². The zero-order valence-electron chi connectivity index (χ0n) is 18.9. The zero-order valence-corrected chi connectivity index (χ0v) is 18.9. The van der Waals surface area contributed by atoms with E-state index >= 15 is 0 Å². The van der Waals surface area contributed by atoms with Crippen molar-refractivity contribution in [2.45, 2.75) is 25.7 Å². The fraction of sp³-hybridized carbons (Fsp3) is 0.308. The van der Waals surface area contributed by atoms with Crippen LogP contribution >= 0.6 is 0 Å². The highest BCUT2D eigenvalue weighted by atomic mass is 19.1. The number of pyridine rings is 1. The Labute approximate surface area is 188 Å². The van der Waals surface area contributed by atoms with Gasteiger partial charge in [-0.2, -0.15) is 5.10 Å². The summed E-state index contributed by atoms with van der Waals surface area (Å²) in [4.78, 5) is 7.32. The minimum absolute atomic E-state index is 0.328. The molecule has 3 aromatic rings. The molecule has 5 nitrogen and oxygen atoms in total. The Morgan fingerprint density at radius 3 is 2.69 bits per heavy atom. The lowest BCUT2D eigenvalue weighted by atomic mass is 9.93. The van der Waals surface area contributed by atoms with Crippen LogP contribution in [-0.2, 0) is 0 Å². The van der Waals surface area contributed by atoms with E-state index in [-0.39, 0.29) is 5.82 Å². The van der Waals surface area contributed by atoms with Crippen molar-refractivity contribution in [3.63, 3.8) is 0 Å². The number of benzene rings is 1. The van der Waals surface area contributed by atoms with Crippen LogP contribution in [0.4, 0.5) is 4.39 Å². The first kappa shape index (κ1) is 22.0. The smallest absolute Gasteiger partial charge is 0.134 e. The molecule has 0 atom stereocenters.